The van der Waals surface area contributed by atoms with E-state index in [9.17, 15) is 4.79 Å². The topological polar surface area (TPSA) is 52.6 Å². The predicted molar refractivity (Wildman–Crippen MR) is 59.6 cm³/mol. The molecule has 0 saturated carbocycles. The van der Waals surface area contributed by atoms with E-state index in [1.54, 1.807) is 0 Å². The van der Waals surface area contributed by atoms with Crippen molar-refractivity contribution in [1.82, 2.24) is 10.2 Å². The van der Waals surface area contributed by atoms with E-state index in [4.69, 9.17) is 5.11 Å². The van der Waals surface area contributed by atoms with E-state index < -0.39 is 0 Å². The van der Waals surface area contributed by atoms with Crippen LogP contribution < -0.4 is 5.32 Å². The highest BCUT2D eigenvalue weighted by atomic mass is 16.3. The number of likely N-dealkylation sites (N-methyl/N-ethyl adjacent to an activating group) is 1. The molecule has 88 valence electrons. The van der Waals surface area contributed by atoms with Crippen LogP contribution in [-0.4, -0.2) is 47.7 Å². The van der Waals surface area contributed by atoms with Crippen molar-refractivity contribution in [1.29, 1.82) is 0 Å². The summed E-state index contributed by atoms with van der Waals surface area (Å²) in [5.41, 5.74) is -0.235. The molecule has 4 heteroatoms. The molecule has 4 nitrogen and oxygen atoms in total. The molecule has 1 aliphatic rings. The molecule has 1 rings (SSSR count). The van der Waals surface area contributed by atoms with E-state index in [2.05, 4.69) is 5.32 Å². The molecule has 0 aromatic heterocycles. The molecule has 2 N–H and O–H groups in total. The first kappa shape index (κ1) is 12.5. The average molecular weight is 214 g/mol. The Balaban J connectivity index is 2.72. The zero-order chi connectivity index (χ0) is 11.5. The lowest BCUT2D eigenvalue weighted by Crippen LogP contribution is -2.57. The van der Waals surface area contributed by atoms with Crippen LogP contribution in [0.5, 0.6) is 0 Å². The van der Waals surface area contributed by atoms with Gasteiger partial charge in [-0.25, -0.2) is 0 Å². The minimum atomic E-state index is -0.235. The van der Waals surface area contributed by atoms with Gasteiger partial charge in [0.05, 0.1) is 6.04 Å². The number of piperidine rings is 1. The van der Waals surface area contributed by atoms with Gasteiger partial charge in [0.25, 0.3) is 0 Å². The maximum absolute atomic E-state index is 12.1. The van der Waals surface area contributed by atoms with E-state index in [-0.39, 0.29) is 24.1 Å². The molecular formula is C11H22N2O2. The van der Waals surface area contributed by atoms with Crippen LogP contribution in [0.25, 0.3) is 0 Å². The Morgan fingerprint density at radius 2 is 2.27 bits per heavy atom. The van der Waals surface area contributed by atoms with Crippen LogP contribution in [0.4, 0.5) is 0 Å². The van der Waals surface area contributed by atoms with Gasteiger partial charge in [0.2, 0.25) is 5.91 Å². The van der Waals surface area contributed by atoms with Crippen LogP contribution in [0.2, 0.25) is 0 Å². The number of aliphatic hydroxyl groups excluding tert-OH is 1. The Labute approximate surface area is 91.6 Å². The lowest BCUT2D eigenvalue weighted by Gasteiger charge is -2.43. The van der Waals surface area contributed by atoms with Crippen molar-refractivity contribution in [2.75, 3.05) is 20.2 Å². The van der Waals surface area contributed by atoms with Gasteiger partial charge in [-0.05, 0) is 40.2 Å². The molecule has 0 aromatic carbocycles. The van der Waals surface area contributed by atoms with Gasteiger partial charge in [-0.3, -0.25) is 4.79 Å². The van der Waals surface area contributed by atoms with Gasteiger partial charge in [0.1, 0.15) is 0 Å². The third kappa shape index (κ3) is 2.69. The Kier molecular flexibility index (Phi) is 4.11. The zero-order valence-electron chi connectivity index (χ0n) is 9.92. The Morgan fingerprint density at radius 3 is 2.80 bits per heavy atom. The number of amides is 1. The molecule has 1 fully saturated rings. The molecule has 15 heavy (non-hydrogen) atoms. The number of aliphatic hydroxyl groups is 1. The van der Waals surface area contributed by atoms with Gasteiger partial charge in [-0.2, -0.15) is 0 Å². The molecule has 1 heterocycles. The molecular weight excluding hydrogens is 192 g/mol. The highest BCUT2D eigenvalue weighted by Gasteiger charge is 2.36. The highest BCUT2D eigenvalue weighted by Crippen LogP contribution is 2.24. The van der Waals surface area contributed by atoms with Crippen molar-refractivity contribution in [3.63, 3.8) is 0 Å². The SMILES string of the molecule is CNC1CCCN(C(C)(C)CCO)C1=O. The Hall–Kier alpha value is -0.610. The maximum atomic E-state index is 12.1. The summed E-state index contributed by atoms with van der Waals surface area (Å²) >= 11 is 0. The van der Waals surface area contributed by atoms with Crippen LogP contribution in [0.15, 0.2) is 0 Å². The number of carbonyl (C=O) groups excluding carboxylic acids is 1. The second-order valence-electron chi connectivity index (χ2n) is 4.76. The van der Waals surface area contributed by atoms with Crippen LogP contribution in [-0.2, 0) is 4.79 Å². The molecule has 0 bridgehead atoms. The predicted octanol–water partition coefficient (Wildman–Crippen LogP) is 0.358. The fourth-order valence-corrected chi connectivity index (χ4v) is 2.15. The number of nitrogens with zero attached hydrogens (tertiary/aromatic N) is 1. The molecule has 1 amide bonds. The summed E-state index contributed by atoms with van der Waals surface area (Å²) in [4.78, 5) is 14.0. The summed E-state index contributed by atoms with van der Waals surface area (Å²) in [6.45, 7) is 4.96. The van der Waals surface area contributed by atoms with Crippen LogP contribution >= 0.6 is 0 Å². The number of hydrogen-bond acceptors (Lipinski definition) is 3. The van der Waals surface area contributed by atoms with E-state index in [1.807, 2.05) is 25.8 Å². The largest absolute Gasteiger partial charge is 0.396 e. The van der Waals surface area contributed by atoms with Crippen LogP contribution in [0.1, 0.15) is 33.1 Å². The minimum absolute atomic E-state index is 0.0447. The third-order valence-corrected chi connectivity index (χ3v) is 3.24. The first-order chi connectivity index (χ1) is 7.03. The summed E-state index contributed by atoms with van der Waals surface area (Å²) in [5.74, 6) is 0.169. The van der Waals surface area contributed by atoms with E-state index in [1.165, 1.54) is 0 Å². The minimum Gasteiger partial charge on any atom is -0.396 e. The first-order valence-electron chi connectivity index (χ1n) is 5.62. The van der Waals surface area contributed by atoms with Crippen molar-refractivity contribution in [2.24, 2.45) is 0 Å². The van der Waals surface area contributed by atoms with Crippen molar-refractivity contribution in [2.45, 2.75) is 44.7 Å². The van der Waals surface area contributed by atoms with E-state index in [0.717, 1.165) is 19.4 Å². The molecule has 0 radical (unpaired) electrons. The quantitative estimate of drug-likeness (QED) is 0.710. The average Bonchev–Trinajstić information content (AvgIpc) is 2.17. The lowest BCUT2D eigenvalue weighted by molar-refractivity contribution is -0.142. The van der Waals surface area contributed by atoms with Crippen LogP contribution in [0.3, 0.4) is 0 Å². The van der Waals surface area contributed by atoms with E-state index >= 15 is 0 Å². The smallest absolute Gasteiger partial charge is 0.240 e. The fraction of sp³-hybridized carbons (Fsp3) is 0.909. The van der Waals surface area contributed by atoms with Crippen LogP contribution in [0, 0.1) is 0 Å². The van der Waals surface area contributed by atoms with Crippen molar-refractivity contribution >= 4 is 5.91 Å². The summed E-state index contributed by atoms with van der Waals surface area (Å²) in [7, 11) is 1.82. The monoisotopic (exact) mass is 214 g/mol. The van der Waals surface area contributed by atoms with Crippen molar-refractivity contribution in [3.05, 3.63) is 0 Å². The third-order valence-electron chi connectivity index (χ3n) is 3.24. The summed E-state index contributed by atoms with van der Waals surface area (Å²) < 4.78 is 0. The molecule has 1 saturated heterocycles. The second kappa shape index (κ2) is 4.94. The molecule has 1 atom stereocenters. The van der Waals surface area contributed by atoms with Gasteiger partial charge in [-0.15, -0.1) is 0 Å². The first-order valence-corrected chi connectivity index (χ1v) is 5.62. The molecule has 1 aliphatic heterocycles. The molecule has 0 aliphatic carbocycles. The van der Waals surface area contributed by atoms with Gasteiger partial charge < -0.3 is 15.3 Å². The Bertz CT molecular complexity index is 229. The zero-order valence-corrected chi connectivity index (χ0v) is 9.92. The number of likely N-dealkylation sites (tertiary alicyclic amines) is 1. The lowest BCUT2D eigenvalue weighted by atomic mass is 9.93. The summed E-state index contributed by atoms with van der Waals surface area (Å²) in [6, 6.07) is -0.0447. The summed E-state index contributed by atoms with van der Waals surface area (Å²) in [5, 5.41) is 12.0. The second-order valence-corrected chi connectivity index (χ2v) is 4.76. The summed E-state index contributed by atoms with van der Waals surface area (Å²) in [6.07, 6.45) is 2.59. The fourth-order valence-electron chi connectivity index (χ4n) is 2.15. The molecule has 0 spiro atoms. The van der Waals surface area contributed by atoms with E-state index in [0.29, 0.717) is 6.42 Å². The van der Waals surface area contributed by atoms with Crippen molar-refractivity contribution < 1.29 is 9.90 Å². The van der Waals surface area contributed by atoms with Gasteiger partial charge in [0, 0.05) is 18.7 Å². The molecule has 1 unspecified atom stereocenters. The highest BCUT2D eigenvalue weighted by molar-refractivity contribution is 5.83. The van der Waals surface area contributed by atoms with Gasteiger partial charge in [0.15, 0.2) is 0 Å². The number of carbonyl (C=O) groups is 1. The normalized spacial score (nSPS) is 23.3. The standard InChI is InChI=1S/C11H22N2O2/c1-11(2,6-8-14)13-7-4-5-9(12-3)10(13)15/h9,12,14H,4-8H2,1-3H3. The van der Waals surface area contributed by atoms with Gasteiger partial charge in [-0.1, -0.05) is 0 Å². The van der Waals surface area contributed by atoms with Gasteiger partial charge >= 0.3 is 0 Å². The molecule has 0 aromatic rings. The van der Waals surface area contributed by atoms with Crippen molar-refractivity contribution in [3.8, 4) is 0 Å². The number of rotatable bonds is 4. The maximum Gasteiger partial charge on any atom is 0.240 e. The number of hydrogen-bond donors (Lipinski definition) is 2. The number of nitrogens with one attached hydrogen (secondary N) is 1. The Morgan fingerprint density at radius 1 is 1.60 bits per heavy atom.